The van der Waals surface area contributed by atoms with Gasteiger partial charge in [0, 0.05) is 24.4 Å². The van der Waals surface area contributed by atoms with Gasteiger partial charge in [-0.1, -0.05) is 11.6 Å². The van der Waals surface area contributed by atoms with Crippen LogP contribution in [0.2, 0.25) is 5.02 Å². The van der Waals surface area contributed by atoms with Crippen molar-refractivity contribution >= 4 is 17.5 Å². The molecule has 2 aromatic heterocycles. The van der Waals surface area contributed by atoms with E-state index >= 15 is 0 Å². The number of aromatic nitrogens is 3. The Hall–Kier alpha value is -1.75. The molecule has 1 aliphatic carbocycles. The highest BCUT2D eigenvalue weighted by Crippen LogP contribution is 2.19. The Bertz CT molecular complexity index is 574. The largest absolute Gasteiger partial charge is 0.356 e. The molecule has 1 amide bonds. The van der Waals surface area contributed by atoms with Gasteiger partial charge in [0.15, 0.2) is 0 Å². The smallest absolute Gasteiger partial charge is 0.267 e. The molecule has 0 fully saturated rings. The highest BCUT2D eigenvalue weighted by molar-refractivity contribution is 6.30. The van der Waals surface area contributed by atoms with E-state index in [9.17, 15) is 4.79 Å². The highest BCUT2D eigenvalue weighted by Gasteiger charge is 2.22. The lowest BCUT2D eigenvalue weighted by molar-refractivity contribution is 0.0929. The molecule has 18 heavy (non-hydrogen) atoms. The van der Waals surface area contributed by atoms with E-state index in [4.69, 9.17) is 11.6 Å². The first-order valence-corrected chi connectivity index (χ1v) is 6.26. The molecule has 0 bridgehead atoms. The Morgan fingerprint density at radius 2 is 2.44 bits per heavy atom. The van der Waals surface area contributed by atoms with Crippen molar-refractivity contribution in [2.24, 2.45) is 0 Å². The van der Waals surface area contributed by atoms with E-state index < -0.39 is 0 Å². The fraction of sp³-hybridized carbons (Fsp3) is 0.333. The maximum absolute atomic E-state index is 11.9. The molecule has 0 aliphatic heterocycles. The van der Waals surface area contributed by atoms with E-state index in [1.807, 2.05) is 6.20 Å². The van der Waals surface area contributed by atoms with Gasteiger partial charge in [0.25, 0.3) is 5.91 Å². The third-order valence-corrected chi connectivity index (χ3v) is 3.47. The van der Waals surface area contributed by atoms with Gasteiger partial charge in [-0.25, -0.2) is 0 Å². The third kappa shape index (κ3) is 2.13. The maximum Gasteiger partial charge on any atom is 0.267 e. The summed E-state index contributed by atoms with van der Waals surface area (Å²) >= 11 is 5.78. The van der Waals surface area contributed by atoms with Crippen molar-refractivity contribution in [3.63, 3.8) is 0 Å². The number of H-pyrrole nitrogens is 2. The lowest BCUT2D eigenvalue weighted by Gasteiger charge is -2.22. The Balaban J connectivity index is 1.66. The van der Waals surface area contributed by atoms with Gasteiger partial charge in [-0.15, -0.1) is 0 Å². The van der Waals surface area contributed by atoms with Crippen molar-refractivity contribution in [1.82, 2.24) is 20.5 Å². The average molecular weight is 265 g/mol. The normalized spacial score (nSPS) is 18.4. The lowest BCUT2D eigenvalue weighted by atomic mass is 9.94. The van der Waals surface area contributed by atoms with E-state index in [2.05, 4.69) is 20.5 Å². The van der Waals surface area contributed by atoms with Gasteiger partial charge in [0.05, 0.1) is 11.2 Å². The quantitative estimate of drug-likeness (QED) is 0.772. The third-order valence-electron chi connectivity index (χ3n) is 3.25. The van der Waals surface area contributed by atoms with Crippen LogP contribution in [0.5, 0.6) is 0 Å². The molecule has 0 radical (unpaired) electrons. The highest BCUT2D eigenvalue weighted by atomic mass is 35.5. The van der Waals surface area contributed by atoms with Gasteiger partial charge in [0.2, 0.25) is 0 Å². The molecule has 1 atom stereocenters. The van der Waals surface area contributed by atoms with Crippen LogP contribution >= 0.6 is 11.6 Å². The van der Waals surface area contributed by atoms with E-state index in [0.29, 0.717) is 10.7 Å². The fourth-order valence-corrected chi connectivity index (χ4v) is 2.46. The second-order valence-corrected chi connectivity index (χ2v) is 4.95. The Kier molecular flexibility index (Phi) is 2.83. The van der Waals surface area contributed by atoms with Crippen LogP contribution in [-0.4, -0.2) is 27.1 Å². The minimum Gasteiger partial charge on any atom is -0.356 e. The van der Waals surface area contributed by atoms with Crippen LogP contribution in [0, 0.1) is 0 Å². The van der Waals surface area contributed by atoms with Crippen LogP contribution in [0.1, 0.15) is 28.2 Å². The number of aryl methyl sites for hydroxylation is 1. The second kappa shape index (κ2) is 4.49. The number of halogens is 1. The monoisotopic (exact) mass is 264 g/mol. The van der Waals surface area contributed by atoms with Gasteiger partial charge in [-0.3, -0.25) is 9.89 Å². The summed E-state index contributed by atoms with van der Waals surface area (Å²) in [5, 5.41) is 10.5. The Morgan fingerprint density at radius 1 is 1.56 bits per heavy atom. The Labute approximate surface area is 109 Å². The summed E-state index contributed by atoms with van der Waals surface area (Å²) in [5.74, 6) is -0.116. The number of carbonyl (C=O) groups is 1. The summed E-state index contributed by atoms with van der Waals surface area (Å²) in [6.45, 7) is 0. The van der Waals surface area contributed by atoms with Crippen molar-refractivity contribution in [2.45, 2.75) is 25.3 Å². The van der Waals surface area contributed by atoms with Crippen molar-refractivity contribution in [2.75, 3.05) is 0 Å². The molecule has 3 N–H and O–H groups in total. The van der Waals surface area contributed by atoms with Gasteiger partial charge in [-0.05, 0) is 24.5 Å². The number of nitrogens with one attached hydrogen (secondary N) is 3. The SMILES string of the molecule is O=C(N[C@@H]1CCc2cn[nH]c2C1)c1cc(Cl)c[nH]1. The summed E-state index contributed by atoms with van der Waals surface area (Å²) in [6.07, 6.45) is 6.15. The summed E-state index contributed by atoms with van der Waals surface area (Å²) in [4.78, 5) is 14.8. The molecule has 0 aromatic carbocycles. The number of nitrogens with zero attached hydrogens (tertiary/aromatic N) is 1. The van der Waals surface area contributed by atoms with E-state index in [-0.39, 0.29) is 11.9 Å². The van der Waals surface area contributed by atoms with Gasteiger partial charge < -0.3 is 10.3 Å². The van der Waals surface area contributed by atoms with Gasteiger partial charge in [0.1, 0.15) is 5.69 Å². The average Bonchev–Trinajstić information content (AvgIpc) is 2.96. The lowest BCUT2D eigenvalue weighted by Crippen LogP contribution is -2.38. The molecular formula is C12H13ClN4O. The molecule has 3 rings (SSSR count). The second-order valence-electron chi connectivity index (χ2n) is 4.52. The molecule has 0 spiro atoms. The van der Waals surface area contributed by atoms with Crippen LogP contribution in [0.3, 0.4) is 0 Å². The molecule has 2 heterocycles. The minimum absolute atomic E-state index is 0.116. The first-order chi connectivity index (χ1) is 8.72. The zero-order valence-corrected chi connectivity index (χ0v) is 10.4. The van der Waals surface area contributed by atoms with Gasteiger partial charge in [-0.2, -0.15) is 5.10 Å². The van der Waals surface area contributed by atoms with Crippen molar-refractivity contribution < 1.29 is 4.79 Å². The first-order valence-electron chi connectivity index (χ1n) is 5.88. The zero-order chi connectivity index (χ0) is 12.5. The molecule has 0 saturated heterocycles. The Morgan fingerprint density at radius 3 is 3.22 bits per heavy atom. The number of fused-ring (bicyclic) bond motifs is 1. The molecule has 2 aromatic rings. The fourth-order valence-electron chi connectivity index (χ4n) is 2.29. The molecule has 0 unspecified atom stereocenters. The van der Waals surface area contributed by atoms with Crippen LogP contribution < -0.4 is 5.32 Å². The first kappa shape index (κ1) is 11.3. The molecular weight excluding hydrogens is 252 g/mol. The number of aromatic amines is 2. The van der Waals surface area contributed by atoms with E-state index in [1.165, 1.54) is 5.56 Å². The van der Waals surface area contributed by atoms with Crippen molar-refractivity contribution in [1.29, 1.82) is 0 Å². The predicted octanol–water partition coefficient (Wildman–Crippen LogP) is 1.68. The van der Waals surface area contributed by atoms with Crippen LogP contribution in [-0.2, 0) is 12.8 Å². The number of rotatable bonds is 2. The maximum atomic E-state index is 11.9. The molecule has 94 valence electrons. The molecule has 1 aliphatic rings. The number of amides is 1. The zero-order valence-electron chi connectivity index (χ0n) is 9.66. The number of hydrogen-bond donors (Lipinski definition) is 3. The molecule has 0 saturated carbocycles. The summed E-state index contributed by atoms with van der Waals surface area (Å²) in [7, 11) is 0. The van der Waals surface area contributed by atoms with Crippen LogP contribution in [0.4, 0.5) is 0 Å². The summed E-state index contributed by atoms with van der Waals surface area (Å²) in [5.41, 5.74) is 2.87. The predicted molar refractivity (Wildman–Crippen MR) is 67.7 cm³/mol. The number of carbonyl (C=O) groups excluding carboxylic acids is 1. The van der Waals surface area contributed by atoms with Crippen LogP contribution in [0.25, 0.3) is 0 Å². The summed E-state index contributed by atoms with van der Waals surface area (Å²) in [6, 6.07) is 1.77. The number of hydrogen-bond acceptors (Lipinski definition) is 2. The molecule has 6 heteroatoms. The standard InChI is InChI=1S/C12H13ClN4O/c13-8-3-11(14-6-8)12(18)16-9-2-1-7-5-15-17-10(7)4-9/h3,5-6,9,14H,1-2,4H2,(H,15,17)(H,16,18)/t9-/m1/s1. The topological polar surface area (TPSA) is 73.6 Å². The summed E-state index contributed by atoms with van der Waals surface area (Å²) < 4.78 is 0. The van der Waals surface area contributed by atoms with Crippen LogP contribution in [0.15, 0.2) is 18.5 Å². The van der Waals surface area contributed by atoms with Crippen molar-refractivity contribution in [3.05, 3.63) is 40.4 Å². The van der Waals surface area contributed by atoms with E-state index in [0.717, 1.165) is 25.0 Å². The molecule has 5 nitrogen and oxygen atoms in total. The van der Waals surface area contributed by atoms with Crippen molar-refractivity contribution in [3.8, 4) is 0 Å². The van der Waals surface area contributed by atoms with E-state index in [1.54, 1.807) is 12.3 Å². The van der Waals surface area contributed by atoms with Gasteiger partial charge >= 0.3 is 0 Å². The minimum atomic E-state index is -0.116.